The number of nitrogens with zero attached hydrogens (tertiary/aromatic N) is 1. The van der Waals surface area contributed by atoms with E-state index in [1.54, 1.807) is 45.0 Å². The van der Waals surface area contributed by atoms with Gasteiger partial charge in [0.15, 0.2) is 15.6 Å². The first kappa shape index (κ1) is 26.4. The van der Waals surface area contributed by atoms with Crippen molar-refractivity contribution in [3.63, 3.8) is 0 Å². The summed E-state index contributed by atoms with van der Waals surface area (Å²) in [6.45, 7) is 4.83. The first-order chi connectivity index (χ1) is 17.2. The van der Waals surface area contributed by atoms with E-state index in [1.165, 1.54) is 6.08 Å². The van der Waals surface area contributed by atoms with Gasteiger partial charge < -0.3 is 19.8 Å². The average molecular weight is 553 g/mol. The second-order valence-corrected chi connectivity index (χ2v) is 11.7. The predicted molar refractivity (Wildman–Crippen MR) is 131 cm³/mol. The van der Waals surface area contributed by atoms with Crippen LogP contribution < -0.4 is 16.4 Å². The molecule has 1 atom stereocenters. The van der Waals surface area contributed by atoms with Crippen LogP contribution >= 0.6 is 11.6 Å². The van der Waals surface area contributed by atoms with Crippen LogP contribution in [0.4, 0.5) is 9.18 Å². The number of nitrogens with one attached hydrogen (secondary N) is 3. The molecule has 0 fully saturated rings. The maximum absolute atomic E-state index is 15.3. The average Bonchev–Trinajstić information content (AvgIpc) is 3.14. The Labute approximate surface area is 215 Å². The minimum Gasteiger partial charge on any atom is -0.444 e. The summed E-state index contributed by atoms with van der Waals surface area (Å²) in [6, 6.07) is 4.99. The summed E-state index contributed by atoms with van der Waals surface area (Å²) >= 11 is 5.96. The number of hydrogen-bond acceptors (Lipinski definition) is 9. The van der Waals surface area contributed by atoms with E-state index in [9.17, 15) is 22.8 Å². The van der Waals surface area contributed by atoms with Crippen LogP contribution in [0.25, 0.3) is 5.57 Å². The molecule has 0 saturated heterocycles. The maximum Gasteiger partial charge on any atom is 0.434 e. The van der Waals surface area contributed by atoms with E-state index >= 15 is 4.39 Å². The van der Waals surface area contributed by atoms with Crippen LogP contribution in [0.2, 0.25) is 5.02 Å². The highest BCUT2D eigenvalue weighted by Crippen LogP contribution is 2.35. The number of carbonyl (C=O) groups is 2. The lowest BCUT2D eigenvalue weighted by atomic mass is 9.91. The third kappa shape index (κ3) is 5.83. The molecule has 2 aromatic rings. The van der Waals surface area contributed by atoms with E-state index in [2.05, 4.69) is 15.7 Å². The van der Waals surface area contributed by atoms with Crippen molar-refractivity contribution < 1.29 is 31.6 Å². The van der Waals surface area contributed by atoms with Crippen LogP contribution in [0.1, 0.15) is 32.2 Å². The van der Waals surface area contributed by atoms with Crippen molar-refractivity contribution in [3.8, 4) is 0 Å². The van der Waals surface area contributed by atoms with Crippen molar-refractivity contribution in [2.75, 3.05) is 5.75 Å². The van der Waals surface area contributed by atoms with Crippen LogP contribution in [-0.2, 0) is 25.8 Å². The lowest BCUT2D eigenvalue weighted by molar-refractivity contribution is -0.117. The number of allylic oxidation sites excluding steroid dienone is 3. The molecule has 2 aliphatic rings. The highest BCUT2D eigenvalue weighted by molar-refractivity contribution is 7.95. The van der Waals surface area contributed by atoms with Gasteiger partial charge in [0.2, 0.25) is 5.95 Å². The SMILES string of the molecule is CC(C)(C)OC(=O)N[C@H]1CS(=O)(=O)C2=C(C1=O)C(Cc1ccc(Cl)cc1)=CC(c1n[nH]c(=O)o1)=C(F)N2. The number of hydrogen-bond donors (Lipinski definition) is 3. The second-order valence-electron chi connectivity index (χ2n) is 9.29. The molecule has 1 amide bonds. The van der Waals surface area contributed by atoms with Gasteiger partial charge >= 0.3 is 11.8 Å². The topological polar surface area (TPSA) is 160 Å². The zero-order valence-electron chi connectivity index (χ0n) is 19.8. The molecule has 0 spiro atoms. The van der Waals surface area contributed by atoms with E-state index < -0.39 is 67.3 Å². The van der Waals surface area contributed by atoms with Gasteiger partial charge in [-0.15, -0.1) is 5.10 Å². The summed E-state index contributed by atoms with van der Waals surface area (Å²) in [5, 5.41) is 9.84. The smallest absolute Gasteiger partial charge is 0.434 e. The van der Waals surface area contributed by atoms with Crippen LogP contribution in [0, 0.1) is 0 Å². The number of sulfone groups is 1. The highest BCUT2D eigenvalue weighted by Gasteiger charge is 2.43. The van der Waals surface area contributed by atoms with Crippen molar-refractivity contribution in [3.05, 3.63) is 79.5 Å². The monoisotopic (exact) mass is 552 g/mol. The van der Waals surface area contributed by atoms with Crippen molar-refractivity contribution in [2.24, 2.45) is 0 Å². The molecule has 0 aliphatic carbocycles. The van der Waals surface area contributed by atoms with Crippen molar-refractivity contribution in [1.29, 1.82) is 0 Å². The molecule has 4 rings (SSSR count). The van der Waals surface area contributed by atoms with Crippen LogP contribution in [-0.4, -0.2) is 47.9 Å². The molecule has 37 heavy (non-hydrogen) atoms. The van der Waals surface area contributed by atoms with Gasteiger partial charge in [-0.25, -0.2) is 23.1 Å². The van der Waals surface area contributed by atoms with Gasteiger partial charge in [0.05, 0.1) is 16.9 Å². The fourth-order valence-corrected chi connectivity index (χ4v) is 5.51. The zero-order valence-corrected chi connectivity index (χ0v) is 21.4. The molecule has 3 heterocycles. The van der Waals surface area contributed by atoms with E-state index in [0.717, 1.165) is 0 Å². The van der Waals surface area contributed by atoms with E-state index in [1.807, 2.05) is 5.10 Å². The quantitative estimate of drug-likeness (QED) is 0.484. The lowest BCUT2D eigenvalue weighted by Crippen LogP contribution is -2.51. The Morgan fingerprint density at radius 3 is 2.54 bits per heavy atom. The number of H-pyrrole nitrogens is 1. The third-order valence-electron chi connectivity index (χ3n) is 5.25. The van der Waals surface area contributed by atoms with Crippen molar-refractivity contribution >= 4 is 38.9 Å². The zero-order chi connectivity index (χ0) is 27.1. The number of ketones is 1. The Kier molecular flexibility index (Phi) is 6.86. The number of ether oxygens (including phenoxy) is 1. The predicted octanol–water partition coefficient (Wildman–Crippen LogP) is 2.53. The first-order valence-corrected chi connectivity index (χ1v) is 13.0. The summed E-state index contributed by atoms with van der Waals surface area (Å²) in [5.74, 6) is -4.23. The summed E-state index contributed by atoms with van der Waals surface area (Å²) in [5.41, 5.74) is -0.964. The minimum atomic E-state index is -4.32. The molecule has 0 bridgehead atoms. The number of halogens is 2. The fraction of sp³-hybridized carbons (Fsp3) is 0.304. The molecule has 0 unspecified atom stereocenters. The first-order valence-electron chi connectivity index (χ1n) is 10.9. The van der Waals surface area contributed by atoms with Crippen LogP contribution in [0.5, 0.6) is 0 Å². The molecule has 11 nitrogen and oxygen atoms in total. The molecule has 1 aromatic heterocycles. The number of aromatic nitrogens is 2. The number of benzene rings is 1. The summed E-state index contributed by atoms with van der Waals surface area (Å²) < 4.78 is 51.8. The Morgan fingerprint density at radius 1 is 1.27 bits per heavy atom. The van der Waals surface area contributed by atoms with Crippen molar-refractivity contribution in [1.82, 2.24) is 20.8 Å². The molecular formula is C23H22ClFN4O7S. The molecule has 196 valence electrons. The number of amides is 1. The van der Waals surface area contributed by atoms with Gasteiger partial charge in [-0.2, -0.15) is 4.39 Å². The minimum absolute atomic E-state index is 0.0382. The molecule has 1 aromatic carbocycles. The Morgan fingerprint density at radius 2 is 1.95 bits per heavy atom. The number of carbonyl (C=O) groups excluding carboxylic acids is 2. The molecule has 0 saturated carbocycles. The van der Waals surface area contributed by atoms with Crippen molar-refractivity contribution in [2.45, 2.75) is 38.8 Å². The van der Waals surface area contributed by atoms with Gasteiger partial charge in [0.1, 0.15) is 16.7 Å². The fourth-order valence-electron chi connectivity index (χ4n) is 3.76. The maximum atomic E-state index is 15.3. The molecule has 2 aliphatic heterocycles. The molecule has 3 N–H and O–H groups in total. The van der Waals surface area contributed by atoms with E-state index in [0.29, 0.717) is 10.6 Å². The standard InChI is InChI=1S/C23H22ClFN4O7S/c1-23(2,3)36-21(31)26-15-10-37(33,34)20-16(17(15)30)12(8-11-4-6-13(24)7-5-11)9-14(18(25)27-20)19-28-29-22(32)35-19/h4-7,9,15,27H,8,10H2,1-3H3,(H,26,31)(H,29,32)/t15-/m0/s1. The summed E-state index contributed by atoms with van der Waals surface area (Å²) in [4.78, 5) is 37.4. The summed E-state index contributed by atoms with van der Waals surface area (Å²) in [6.07, 6.45) is 0.142. The van der Waals surface area contributed by atoms with E-state index in [4.69, 9.17) is 20.8 Å². The second kappa shape index (κ2) is 9.63. The number of aromatic amines is 1. The summed E-state index contributed by atoms with van der Waals surface area (Å²) in [7, 11) is -4.32. The van der Waals surface area contributed by atoms with Crippen LogP contribution in [0.15, 0.2) is 61.7 Å². The molecule has 0 radical (unpaired) electrons. The van der Waals surface area contributed by atoms with Crippen LogP contribution in [0.3, 0.4) is 0 Å². The normalized spacial score (nSPS) is 19.5. The number of alkyl carbamates (subject to hydrolysis) is 1. The van der Waals surface area contributed by atoms with E-state index in [-0.39, 0.29) is 17.6 Å². The lowest BCUT2D eigenvalue weighted by Gasteiger charge is -2.28. The Hall–Kier alpha value is -3.71. The van der Waals surface area contributed by atoms with Gasteiger partial charge in [0, 0.05) is 5.02 Å². The highest BCUT2D eigenvalue weighted by atomic mass is 35.5. The number of rotatable bonds is 4. The van der Waals surface area contributed by atoms with Gasteiger partial charge in [-0.1, -0.05) is 23.7 Å². The third-order valence-corrected chi connectivity index (χ3v) is 7.21. The Bertz CT molecular complexity index is 1530. The Balaban J connectivity index is 1.83. The molecule has 14 heteroatoms. The molecular weight excluding hydrogens is 531 g/mol. The van der Waals surface area contributed by atoms with Gasteiger partial charge in [-0.3, -0.25) is 4.79 Å². The van der Waals surface area contributed by atoms with Gasteiger partial charge in [-0.05, 0) is 56.5 Å². The largest absolute Gasteiger partial charge is 0.444 e. The number of Topliss-reactive ketones (excluding diaryl/α,β-unsaturated/α-hetero) is 1. The van der Waals surface area contributed by atoms with Gasteiger partial charge in [0.25, 0.3) is 5.89 Å².